The molecule has 0 saturated carbocycles. The molecule has 0 aliphatic carbocycles. The Labute approximate surface area is 103 Å². The zero-order valence-electron chi connectivity index (χ0n) is 10.4. The van der Waals surface area contributed by atoms with Gasteiger partial charge in [-0.15, -0.1) is 0 Å². The topological polar surface area (TPSA) is 46.3 Å². The first-order valence-corrected chi connectivity index (χ1v) is 7.27. The van der Waals surface area contributed by atoms with Gasteiger partial charge >= 0.3 is 0 Å². The summed E-state index contributed by atoms with van der Waals surface area (Å²) in [6, 6.07) is 0. The molecule has 2 atom stereocenters. The first-order chi connectivity index (χ1) is 7.63. The van der Waals surface area contributed by atoms with Crippen molar-refractivity contribution in [3.63, 3.8) is 0 Å². The van der Waals surface area contributed by atoms with Crippen LogP contribution in [0.3, 0.4) is 0 Å². The Morgan fingerprint density at radius 2 is 2.31 bits per heavy atom. The van der Waals surface area contributed by atoms with Crippen molar-refractivity contribution in [2.24, 2.45) is 11.7 Å². The summed E-state index contributed by atoms with van der Waals surface area (Å²) >= 11 is 1.96. The highest BCUT2D eigenvalue weighted by Gasteiger charge is 2.21. The molecule has 0 aromatic heterocycles. The lowest BCUT2D eigenvalue weighted by atomic mass is 10.0. The molecule has 1 saturated heterocycles. The van der Waals surface area contributed by atoms with Crippen molar-refractivity contribution >= 4 is 17.7 Å². The van der Waals surface area contributed by atoms with E-state index in [1.807, 2.05) is 16.7 Å². The maximum absolute atomic E-state index is 11.9. The maximum atomic E-state index is 11.9. The highest BCUT2D eigenvalue weighted by molar-refractivity contribution is 7.99. The molecule has 1 aliphatic rings. The minimum Gasteiger partial charge on any atom is -0.341 e. The van der Waals surface area contributed by atoms with E-state index in [9.17, 15) is 4.79 Å². The summed E-state index contributed by atoms with van der Waals surface area (Å²) in [5.41, 5.74) is 5.50. The monoisotopic (exact) mass is 244 g/mol. The fourth-order valence-electron chi connectivity index (χ4n) is 2.00. The summed E-state index contributed by atoms with van der Waals surface area (Å²) in [5, 5.41) is 0.596. The van der Waals surface area contributed by atoms with Gasteiger partial charge in [0.2, 0.25) is 5.91 Å². The molecule has 4 heteroatoms. The molecule has 0 spiro atoms. The number of carbonyl (C=O) groups is 1. The van der Waals surface area contributed by atoms with Crippen LogP contribution in [-0.2, 0) is 4.79 Å². The van der Waals surface area contributed by atoms with Crippen LogP contribution < -0.4 is 5.73 Å². The minimum absolute atomic E-state index is 0.330. The van der Waals surface area contributed by atoms with Gasteiger partial charge in [-0.05, 0) is 25.3 Å². The molecule has 2 unspecified atom stereocenters. The Kier molecular flexibility index (Phi) is 6.21. The van der Waals surface area contributed by atoms with Crippen LogP contribution in [0.1, 0.15) is 33.1 Å². The van der Waals surface area contributed by atoms with Crippen molar-refractivity contribution in [3.8, 4) is 0 Å². The van der Waals surface area contributed by atoms with Gasteiger partial charge in [0.15, 0.2) is 0 Å². The number of hydrogen-bond donors (Lipinski definition) is 1. The van der Waals surface area contributed by atoms with Crippen LogP contribution in [-0.4, -0.2) is 41.4 Å². The van der Waals surface area contributed by atoms with Crippen LogP contribution in [0.2, 0.25) is 0 Å². The Morgan fingerprint density at radius 1 is 1.56 bits per heavy atom. The first-order valence-electron chi connectivity index (χ1n) is 6.23. The van der Waals surface area contributed by atoms with Crippen molar-refractivity contribution in [2.45, 2.75) is 38.4 Å². The molecule has 0 radical (unpaired) electrons. The molecular formula is C12H24N2OS. The normalized spacial score (nSPS) is 23.2. The fraction of sp³-hybridized carbons (Fsp3) is 0.917. The van der Waals surface area contributed by atoms with Crippen LogP contribution in [0.5, 0.6) is 0 Å². The Hall–Kier alpha value is -0.220. The Morgan fingerprint density at radius 3 is 2.94 bits per heavy atom. The zero-order valence-corrected chi connectivity index (χ0v) is 11.3. The number of hydrogen-bond acceptors (Lipinski definition) is 3. The second-order valence-electron chi connectivity index (χ2n) is 4.74. The van der Waals surface area contributed by atoms with E-state index in [-0.39, 0.29) is 0 Å². The van der Waals surface area contributed by atoms with Crippen LogP contribution in [0.25, 0.3) is 0 Å². The predicted molar refractivity (Wildman–Crippen MR) is 70.6 cm³/mol. The zero-order chi connectivity index (χ0) is 12.0. The molecular weight excluding hydrogens is 220 g/mol. The molecule has 0 bridgehead atoms. The van der Waals surface area contributed by atoms with Crippen LogP contribution in [0.4, 0.5) is 0 Å². The minimum atomic E-state index is 0.330. The third kappa shape index (κ3) is 4.74. The molecule has 1 amide bonds. The van der Waals surface area contributed by atoms with E-state index in [1.54, 1.807) is 0 Å². The van der Waals surface area contributed by atoms with E-state index in [2.05, 4.69) is 13.8 Å². The predicted octanol–water partition coefficient (Wildman–Crippen LogP) is 1.72. The molecule has 0 aromatic rings. The summed E-state index contributed by atoms with van der Waals surface area (Å²) in [7, 11) is 0. The van der Waals surface area contributed by atoms with E-state index in [0.717, 1.165) is 38.2 Å². The highest BCUT2D eigenvalue weighted by atomic mass is 32.2. The molecule has 1 aliphatic heterocycles. The summed E-state index contributed by atoms with van der Waals surface area (Å²) < 4.78 is 0. The molecule has 94 valence electrons. The number of nitrogens with two attached hydrogens (primary N) is 1. The molecule has 1 fully saturated rings. The van der Waals surface area contributed by atoms with Gasteiger partial charge in [0.1, 0.15) is 0 Å². The van der Waals surface area contributed by atoms with Gasteiger partial charge in [-0.25, -0.2) is 0 Å². The van der Waals surface area contributed by atoms with E-state index in [4.69, 9.17) is 5.73 Å². The van der Waals surface area contributed by atoms with Crippen molar-refractivity contribution in [2.75, 3.05) is 25.4 Å². The maximum Gasteiger partial charge on any atom is 0.222 e. The first kappa shape index (κ1) is 13.8. The number of thioether (sulfide) groups is 1. The lowest BCUT2D eigenvalue weighted by molar-refractivity contribution is -0.131. The van der Waals surface area contributed by atoms with Crippen molar-refractivity contribution in [1.29, 1.82) is 0 Å². The van der Waals surface area contributed by atoms with Crippen molar-refractivity contribution < 1.29 is 4.79 Å². The molecule has 1 rings (SSSR count). The van der Waals surface area contributed by atoms with Gasteiger partial charge in [-0.3, -0.25) is 4.79 Å². The highest BCUT2D eigenvalue weighted by Crippen LogP contribution is 2.19. The smallest absolute Gasteiger partial charge is 0.222 e. The van der Waals surface area contributed by atoms with E-state index in [0.29, 0.717) is 23.5 Å². The number of nitrogens with zero attached hydrogens (tertiary/aromatic N) is 1. The van der Waals surface area contributed by atoms with E-state index in [1.165, 1.54) is 0 Å². The number of rotatable bonds is 5. The quantitative estimate of drug-likeness (QED) is 0.801. The fourth-order valence-corrected chi connectivity index (χ4v) is 3.02. The van der Waals surface area contributed by atoms with Gasteiger partial charge in [-0.2, -0.15) is 11.8 Å². The summed E-state index contributed by atoms with van der Waals surface area (Å²) in [6.45, 7) is 6.95. The third-order valence-corrected chi connectivity index (χ3v) is 4.24. The van der Waals surface area contributed by atoms with Gasteiger partial charge in [0.25, 0.3) is 0 Å². The van der Waals surface area contributed by atoms with Crippen LogP contribution >= 0.6 is 11.8 Å². The number of amides is 1. The van der Waals surface area contributed by atoms with Gasteiger partial charge in [-0.1, -0.05) is 13.8 Å². The van der Waals surface area contributed by atoms with Crippen molar-refractivity contribution in [3.05, 3.63) is 0 Å². The lowest BCUT2D eigenvalue weighted by Crippen LogP contribution is -2.41. The van der Waals surface area contributed by atoms with Gasteiger partial charge < -0.3 is 10.6 Å². The second-order valence-corrected chi connectivity index (χ2v) is 6.29. The van der Waals surface area contributed by atoms with E-state index < -0.39 is 0 Å². The van der Waals surface area contributed by atoms with Gasteiger partial charge in [0, 0.05) is 30.5 Å². The standard InChI is InChI=1S/C12H24N2OS/c1-10(5-6-13)3-4-12(15)14-7-8-16-11(2)9-14/h10-11H,3-9,13H2,1-2H3. The largest absolute Gasteiger partial charge is 0.341 e. The molecule has 3 nitrogen and oxygen atoms in total. The average molecular weight is 244 g/mol. The molecule has 2 N–H and O–H groups in total. The summed E-state index contributed by atoms with van der Waals surface area (Å²) in [4.78, 5) is 14.0. The molecule has 1 heterocycles. The average Bonchev–Trinajstić information content (AvgIpc) is 2.26. The van der Waals surface area contributed by atoms with Crippen LogP contribution in [0.15, 0.2) is 0 Å². The molecule has 16 heavy (non-hydrogen) atoms. The van der Waals surface area contributed by atoms with Crippen LogP contribution in [0, 0.1) is 5.92 Å². The Balaban J connectivity index is 2.23. The summed E-state index contributed by atoms with van der Waals surface area (Å²) in [5.74, 6) is 1.99. The Bertz CT molecular complexity index is 223. The van der Waals surface area contributed by atoms with Gasteiger partial charge in [0.05, 0.1) is 0 Å². The lowest BCUT2D eigenvalue weighted by Gasteiger charge is -2.31. The molecule has 0 aromatic carbocycles. The third-order valence-electron chi connectivity index (χ3n) is 3.10. The number of carbonyl (C=O) groups excluding carboxylic acids is 1. The van der Waals surface area contributed by atoms with E-state index >= 15 is 0 Å². The second kappa shape index (κ2) is 7.17. The summed E-state index contributed by atoms with van der Waals surface area (Å²) in [6.07, 6.45) is 2.70. The van der Waals surface area contributed by atoms with Crippen molar-refractivity contribution in [1.82, 2.24) is 4.90 Å². The SMILES string of the molecule is CC(CCN)CCC(=O)N1CCSC(C)C1.